The summed E-state index contributed by atoms with van der Waals surface area (Å²) in [6, 6.07) is 2.75. The summed E-state index contributed by atoms with van der Waals surface area (Å²) in [7, 11) is 2.99. The number of piperidine rings is 1. The van der Waals surface area contributed by atoms with E-state index in [0.717, 1.165) is 35.1 Å². The van der Waals surface area contributed by atoms with Gasteiger partial charge < -0.3 is 34.3 Å². The first-order valence-corrected chi connectivity index (χ1v) is 16.0. The van der Waals surface area contributed by atoms with Crippen molar-refractivity contribution in [1.29, 1.82) is 0 Å². The minimum absolute atomic E-state index is 0.0803. The Kier molecular flexibility index (Phi) is 13.8. The van der Waals surface area contributed by atoms with Gasteiger partial charge in [-0.15, -0.1) is 0 Å². The van der Waals surface area contributed by atoms with Crippen molar-refractivity contribution < 1.29 is 42.1 Å². The topological polar surface area (TPSA) is 147 Å². The highest BCUT2D eigenvalue weighted by atomic mass is 19.3. The number of nitrogens with two attached hydrogens (primary N) is 1. The zero-order valence-corrected chi connectivity index (χ0v) is 28.7. The Morgan fingerprint density at radius 2 is 1.83 bits per heavy atom. The number of carbonyl (C=O) groups excluding carboxylic acids is 2. The number of alkyl halides is 2. The number of halogens is 2. The fraction of sp³-hybridized carbons (Fsp3) is 0.636. The number of amides is 2. The van der Waals surface area contributed by atoms with Crippen molar-refractivity contribution in [3.05, 3.63) is 45.8 Å². The maximum atomic E-state index is 14.1. The smallest absolute Gasteiger partial charge is 0.413 e. The van der Waals surface area contributed by atoms with Crippen molar-refractivity contribution in [1.82, 2.24) is 14.9 Å². The number of ether oxygens (including phenoxy) is 5. The summed E-state index contributed by atoms with van der Waals surface area (Å²) in [5.41, 5.74) is 8.21. The lowest BCUT2D eigenvalue weighted by atomic mass is 9.90. The number of nitrogens with zero attached hydrogens (tertiary/aromatic N) is 3. The molecule has 3 aliphatic rings. The Morgan fingerprint density at radius 3 is 2.49 bits per heavy atom. The number of rotatable bonds is 7. The third kappa shape index (κ3) is 9.34. The number of hydrogen-bond acceptors (Lipinski definition) is 10. The monoisotopic (exact) mass is 665 g/mol. The second-order valence-electron chi connectivity index (χ2n) is 11.9. The minimum Gasteiger partial charge on any atom is -0.444 e. The molecule has 2 aromatic heterocycles. The van der Waals surface area contributed by atoms with Crippen LogP contribution in [0.3, 0.4) is 0 Å². The molecule has 0 saturated carbocycles. The maximum absolute atomic E-state index is 14.1. The Labute approximate surface area is 275 Å². The lowest BCUT2D eigenvalue weighted by Crippen LogP contribution is -2.47. The van der Waals surface area contributed by atoms with E-state index in [1.807, 2.05) is 20.8 Å². The van der Waals surface area contributed by atoms with Gasteiger partial charge >= 0.3 is 12.7 Å². The molecule has 262 valence electrons. The normalized spacial score (nSPS) is 20.2. The molecule has 0 aromatic carbocycles. The molecular formula is C33H49F2N5O7. The van der Waals surface area contributed by atoms with E-state index in [2.05, 4.69) is 25.8 Å². The van der Waals surface area contributed by atoms with Gasteiger partial charge in [-0.2, -0.15) is 8.78 Å². The van der Waals surface area contributed by atoms with Crippen LogP contribution < -0.4 is 15.8 Å². The number of anilines is 1. The van der Waals surface area contributed by atoms with Gasteiger partial charge in [0.15, 0.2) is 0 Å². The first-order valence-electron chi connectivity index (χ1n) is 16.0. The third-order valence-corrected chi connectivity index (χ3v) is 7.74. The minimum atomic E-state index is -3.00. The first-order chi connectivity index (χ1) is 22.4. The predicted molar refractivity (Wildman–Crippen MR) is 171 cm³/mol. The van der Waals surface area contributed by atoms with E-state index in [-0.39, 0.29) is 43.8 Å². The van der Waals surface area contributed by atoms with E-state index in [1.165, 1.54) is 20.2 Å². The van der Waals surface area contributed by atoms with Gasteiger partial charge in [-0.1, -0.05) is 13.8 Å². The summed E-state index contributed by atoms with van der Waals surface area (Å²) in [6.45, 7) is 9.25. The van der Waals surface area contributed by atoms with Gasteiger partial charge in [-0.3, -0.25) is 10.1 Å². The number of fused-ring (bicyclic) bond motifs is 3. The molecule has 5 heterocycles. The molecule has 0 aliphatic carbocycles. The van der Waals surface area contributed by atoms with E-state index < -0.39 is 24.4 Å². The van der Waals surface area contributed by atoms with Gasteiger partial charge in [0, 0.05) is 31.7 Å². The summed E-state index contributed by atoms with van der Waals surface area (Å²) in [4.78, 5) is 37.3. The molecule has 47 heavy (non-hydrogen) atoms. The molecule has 0 spiro atoms. The van der Waals surface area contributed by atoms with E-state index in [4.69, 9.17) is 18.9 Å². The summed E-state index contributed by atoms with van der Waals surface area (Å²) in [6.07, 6.45) is 1.09. The number of carbonyl (C=O) groups is 2. The van der Waals surface area contributed by atoms with Crippen molar-refractivity contribution in [2.45, 2.75) is 118 Å². The lowest BCUT2D eigenvalue weighted by Gasteiger charge is -2.39. The number of likely N-dealkylation sites (tertiary alicyclic amines) is 1. The molecule has 3 N–H and O–H groups in total. The highest BCUT2D eigenvalue weighted by Crippen LogP contribution is 2.41. The summed E-state index contributed by atoms with van der Waals surface area (Å²) >= 11 is 0. The number of hydrogen-bond donors (Lipinski definition) is 2. The van der Waals surface area contributed by atoms with Gasteiger partial charge in [0.2, 0.25) is 5.88 Å². The van der Waals surface area contributed by atoms with Crippen molar-refractivity contribution in [3.63, 3.8) is 0 Å². The molecule has 12 nitrogen and oxygen atoms in total. The SMILES string of the molecule is CC.CN.COCc1nc(OC(F)F)ccc1[C@H]1CCCCN1C(=O)C1Cc2c(nc(NC(=O)OC(C)(C)C)c3c2C(C)OC3)CO1. The van der Waals surface area contributed by atoms with Crippen molar-refractivity contribution in [2.24, 2.45) is 5.73 Å². The first kappa shape index (κ1) is 38.0. The van der Waals surface area contributed by atoms with Crippen molar-refractivity contribution in [2.75, 3.05) is 26.0 Å². The van der Waals surface area contributed by atoms with Gasteiger partial charge in [0.25, 0.3) is 5.91 Å². The van der Waals surface area contributed by atoms with E-state index >= 15 is 0 Å². The fourth-order valence-electron chi connectivity index (χ4n) is 6.01. The highest BCUT2D eigenvalue weighted by Gasteiger charge is 2.39. The standard InChI is InChI=1S/C30H38F2N4O7.C2H6.CH5N/c1-16-25-18-12-23(41-15-21(18)34-26(19(25)13-40-16)35-29(38)43-30(2,3)4)27(37)36-11-7-6-8-22(36)17-9-10-24(42-28(31)32)33-20(17)14-39-5;2*1-2/h9-10,16,22-23,28H,6-8,11-15H2,1-5H3,(H,34,35,38);1-2H3;2H2,1H3/t16?,22-,23?;;/m1../s1. The Morgan fingerprint density at radius 1 is 1.11 bits per heavy atom. The average molecular weight is 666 g/mol. The molecule has 5 rings (SSSR count). The van der Waals surface area contributed by atoms with Crippen LogP contribution in [0.5, 0.6) is 5.88 Å². The Balaban J connectivity index is 0.00000144. The summed E-state index contributed by atoms with van der Waals surface area (Å²) in [5, 5.41) is 2.76. The molecule has 1 saturated heterocycles. The lowest BCUT2D eigenvalue weighted by molar-refractivity contribution is -0.149. The van der Waals surface area contributed by atoms with Crippen molar-refractivity contribution in [3.8, 4) is 5.88 Å². The largest absolute Gasteiger partial charge is 0.444 e. The molecule has 0 bridgehead atoms. The summed E-state index contributed by atoms with van der Waals surface area (Å²) in [5.74, 6) is 0.00193. The molecule has 2 unspecified atom stereocenters. The number of methoxy groups -OCH3 is 1. The fourth-order valence-corrected chi connectivity index (χ4v) is 6.01. The van der Waals surface area contributed by atoms with Gasteiger partial charge in [0.1, 0.15) is 17.5 Å². The molecule has 2 amide bonds. The highest BCUT2D eigenvalue weighted by molar-refractivity contribution is 5.86. The van der Waals surface area contributed by atoms with Crippen LogP contribution in [0.15, 0.2) is 12.1 Å². The zero-order valence-electron chi connectivity index (χ0n) is 28.7. The molecule has 2 aromatic rings. The van der Waals surface area contributed by atoms with Crippen LogP contribution >= 0.6 is 0 Å². The van der Waals surface area contributed by atoms with E-state index in [1.54, 1.807) is 31.7 Å². The molecule has 0 radical (unpaired) electrons. The van der Waals surface area contributed by atoms with E-state index in [0.29, 0.717) is 36.6 Å². The van der Waals surface area contributed by atoms with Crippen LogP contribution in [0, 0.1) is 0 Å². The maximum Gasteiger partial charge on any atom is 0.413 e. The van der Waals surface area contributed by atoms with Crippen LogP contribution in [0.1, 0.15) is 107 Å². The Bertz CT molecular complexity index is 1370. The second kappa shape index (κ2) is 17.1. The van der Waals surface area contributed by atoms with Gasteiger partial charge in [-0.25, -0.2) is 14.8 Å². The van der Waals surface area contributed by atoms with Crippen LogP contribution in [0.25, 0.3) is 0 Å². The van der Waals surface area contributed by atoms with E-state index in [9.17, 15) is 18.4 Å². The van der Waals surface area contributed by atoms with Crippen LogP contribution in [0.4, 0.5) is 19.4 Å². The van der Waals surface area contributed by atoms with Crippen molar-refractivity contribution >= 4 is 17.8 Å². The van der Waals surface area contributed by atoms with Crippen LogP contribution in [-0.2, 0) is 50.0 Å². The number of aromatic nitrogens is 2. The van der Waals surface area contributed by atoms with Crippen LogP contribution in [-0.4, -0.2) is 65.9 Å². The molecule has 14 heteroatoms. The summed E-state index contributed by atoms with van der Waals surface area (Å²) < 4.78 is 52.9. The van der Waals surface area contributed by atoms with Gasteiger partial charge in [-0.05, 0) is 76.8 Å². The zero-order chi connectivity index (χ0) is 34.9. The third-order valence-electron chi connectivity index (χ3n) is 7.74. The van der Waals surface area contributed by atoms with Gasteiger partial charge in [0.05, 0.1) is 43.4 Å². The molecule has 3 aliphatic heterocycles. The molecule has 3 atom stereocenters. The second-order valence-corrected chi connectivity index (χ2v) is 11.9. The predicted octanol–water partition coefficient (Wildman–Crippen LogP) is 5.96. The molecule has 1 fully saturated rings. The quantitative estimate of drug-likeness (QED) is 0.363. The number of nitrogens with one attached hydrogen (secondary N) is 1. The average Bonchev–Trinajstić information content (AvgIpc) is 3.44. The number of pyridine rings is 2. The molecular weight excluding hydrogens is 616 g/mol. The van der Waals surface area contributed by atoms with Crippen LogP contribution in [0.2, 0.25) is 0 Å². The Hall–Kier alpha value is -3.46.